The van der Waals surface area contributed by atoms with Gasteiger partial charge < -0.3 is 10.2 Å². The highest BCUT2D eigenvalue weighted by Crippen LogP contribution is 2.27. The molecule has 1 aliphatic rings. The maximum absolute atomic E-state index is 11.6. The molecule has 2 unspecified atom stereocenters. The van der Waals surface area contributed by atoms with Crippen LogP contribution in [0.4, 0.5) is 5.69 Å². The lowest BCUT2D eigenvalue weighted by atomic mass is 9.98. The minimum atomic E-state index is -2.87. The standard InChI is InChI=1S/C15H24N2O2S/c1-12(13-5-7-14(8-6-13)17(3)4)16-15(2)9-10-20(18,19)11-15/h5-8,12,16H,9-11H2,1-4H3. The molecule has 1 aromatic carbocycles. The summed E-state index contributed by atoms with van der Waals surface area (Å²) in [5.74, 6) is 0.531. The Morgan fingerprint density at radius 3 is 2.30 bits per heavy atom. The summed E-state index contributed by atoms with van der Waals surface area (Å²) >= 11 is 0. The second kappa shape index (κ2) is 5.37. The number of rotatable bonds is 4. The van der Waals surface area contributed by atoms with Gasteiger partial charge >= 0.3 is 0 Å². The van der Waals surface area contributed by atoms with Crippen molar-refractivity contribution in [2.45, 2.75) is 31.8 Å². The van der Waals surface area contributed by atoms with E-state index in [0.29, 0.717) is 12.2 Å². The number of benzene rings is 1. The van der Waals surface area contributed by atoms with E-state index in [9.17, 15) is 8.42 Å². The van der Waals surface area contributed by atoms with Crippen molar-refractivity contribution in [3.05, 3.63) is 29.8 Å². The topological polar surface area (TPSA) is 49.4 Å². The smallest absolute Gasteiger partial charge is 0.152 e. The highest BCUT2D eigenvalue weighted by atomic mass is 32.2. The molecule has 1 fully saturated rings. The Balaban J connectivity index is 2.07. The van der Waals surface area contributed by atoms with Crippen molar-refractivity contribution in [2.24, 2.45) is 0 Å². The van der Waals surface area contributed by atoms with Crippen molar-refractivity contribution >= 4 is 15.5 Å². The van der Waals surface area contributed by atoms with Crippen LogP contribution in [0.3, 0.4) is 0 Å². The van der Waals surface area contributed by atoms with E-state index in [-0.39, 0.29) is 17.3 Å². The van der Waals surface area contributed by atoms with E-state index >= 15 is 0 Å². The molecule has 0 bridgehead atoms. The minimum absolute atomic E-state index is 0.143. The summed E-state index contributed by atoms with van der Waals surface area (Å²) in [4.78, 5) is 2.06. The van der Waals surface area contributed by atoms with E-state index in [4.69, 9.17) is 0 Å². The predicted octanol–water partition coefficient (Wildman–Crippen LogP) is 1.98. The largest absolute Gasteiger partial charge is 0.378 e. The maximum Gasteiger partial charge on any atom is 0.152 e. The molecule has 0 aromatic heterocycles. The van der Waals surface area contributed by atoms with E-state index < -0.39 is 9.84 Å². The van der Waals surface area contributed by atoms with Gasteiger partial charge in [0.1, 0.15) is 0 Å². The van der Waals surface area contributed by atoms with Crippen molar-refractivity contribution in [2.75, 3.05) is 30.5 Å². The Kier molecular flexibility index (Phi) is 4.12. The normalized spacial score (nSPS) is 26.4. The molecule has 1 N–H and O–H groups in total. The van der Waals surface area contributed by atoms with Gasteiger partial charge in [-0.3, -0.25) is 0 Å². The van der Waals surface area contributed by atoms with Gasteiger partial charge in [-0.15, -0.1) is 0 Å². The first-order valence-corrected chi connectivity index (χ1v) is 8.78. The van der Waals surface area contributed by atoms with Crippen LogP contribution in [0.1, 0.15) is 31.9 Å². The Morgan fingerprint density at radius 1 is 1.25 bits per heavy atom. The van der Waals surface area contributed by atoms with Crippen LogP contribution in [0.25, 0.3) is 0 Å². The number of nitrogens with zero attached hydrogens (tertiary/aromatic N) is 1. The first-order chi connectivity index (χ1) is 9.21. The summed E-state index contributed by atoms with van der Waals surface area (Å²) in [6, 6.07) is 8.51. The van der Waals surface area contributed by atoms with E-state index in [1.54, 1.807) is 0 Å². The zero-order chi connectivity index (χ0) is 15.0. The van der Waals surface area contributed by atoms with Crippen LogP contribution in [-0.2, 0) is 9.84 Å². The van der Waals surface area contributed by atoms with Gasteiger partial charge in [0.2, 0.25) is 0 Å². The molecule has 112 valence electrons. The van der Waals surface area contributed by atoms with Crippen LogP contribution >= 0.6 is 0 Å². The third kappa shape index (κ3) is 3.52. The lowest BCUT2D eigenvalue weighted by Crippen LogP contribution is -2.44. The molecule has 1 aromatic rings. The summed E-state index contributed by atoms with van der Waals surface area (Å²) in [6.07, 6.45) is 0.690. The Morgan fingerprint density at radius 2 is 1.85 bits per heavy atom. The van der Waals surface area contributed by atoms with E-state index in [0.717, 1.165) is 5.69 Å². The number of anilines is 1. The van der Waals surface area contributed by atoms with Gasteiger partial charge in [0.25, 0.3) is 0 Å². The quantitative estimate of drug-likeness (QED) is 0.923. The van der Waals surface area contributed by atoms with Gasteiger partial charge in [0, 0.05) is 31.4 Å². The first-order valence-electron chi connectivity index (χ1n) is 6.96. The molecular formula is C15H24N2O2S. The summed E-state index contributed by atoms with van der Waals surface area (Å²) in [6.45, 7) is 4.09. The first kappa shape index (κ1) is 15.3. The van der Waals surface area contributed by atoms with Crippen molar-refractivity contribution in [1.82, 2.24) is 5.32 Å². The van der Waals surface area contributed by atoms with Gasteiger partial charge in [-0.25, -0.2) is 8.42 Å². The number of hydrogen-bond acceptors (Lipinski definition) is 4. The Bertz CT molecular complexity index is 566. The molecule has 20 heavy (non-hydrogen) atoms. The maximum atomic E-state index is 11.6. The predicted molar refractivity (Wildman–Crippen MR) is 84.0 cm³/mol. The minimum Gasteiger partial charge on any atom is -0.378 e. The summed E-state index contributed by atoms with van der Waals surface area (Å²) < 4.78 is 23.3. The van der Waals surface area contributed by atoms with Crippen LogP contribution in [0.2, 0.25) is 0 Å². The molecule has 1 heterocycles. The summed E-state index contributed by atoms with van der Waals surface area (Å²) in [5, 5.41) is 3.48. The molecule has 2 atom stereocenters. The molecule has 0 aliphatic carbocycles. The van der Waals surface area contributed by atoms with Crippen molar-refractivity contribution in [3.63, 3.8) is 0 Å². The third-order valence-corrected chi connectivity index (χ3v) is 5.88. The highest BCUT2D eigenvalue weighted by molar-refractivity contribution is 7.91. The highest BCUT2D eigenvalue weighted by Gasteiger charge is 2.38. The van der Waals surface area contributed by atoms with E-state index in [2.05, 4.69) is 41.4 Å². The van der Waals surface area contributed by atoms with Gasteiger partial charge in [-0.1, -0.05) is 12.1 Å². The van der Waals surface area contributed by atoms with Crippen LogP contribution in [0.5, 0.6) is 0 Å². The Labute approximate surface area is 122 Å². The fourth-order valence-electron chi connectivity index (χ4n) is 2.79. The molecule has 5 heteroatoms. The van der Waals surface area contributed by atoms with Gasteiger partial charge in [-0.2, -0.15) is 0 Å². The Hall–Kier alpha value is -1.07. The molecule has 1 aliphatic heterocycles. The average Bonchev–Trinajstić information content (AvgIpc) is 2.63. The molecule has 1 saturated heterocycles. The van der Waals surface area contributed by atoms with Gasteiger partial charge in [0.15, 0.2) is 9.84 Å². The monoisotopic (exact) mass is 296 g/mol. The molecule has 0 amide bonds. The third-order valence-electron chi connectivity index (χ3n) is 3.98. The molecule has 4 nitrogen and oxygen atoms in total. The van der Waals surface area contributed by atoms with Gasteiger partial charge in [0.05, 0.1) is 11.5 Å². The van der Waals surface area contributed by atoms with Crippen molar-refractivity contribution in [1.29, 1.82) is 0 Å². The van der Waals surface area contributed by atoms with Crippen LogP contribution in [0.15, 0.2) is 24.3 Å². The molecule has 0 spiro atoms. The second-order valence-electron chi connectivity index (χ2n) is 6.25. The lowest BCUT2D eigenvalue weighted by Gasteiger charge is -2.29. The zero-order valence-corrected chi connectivity index (χ0v) is 13.5. The number of nitrogens with one attached hydrogen (secondary N) is 1. The van der Waals surface area contributed by atoms with Gasteiger partial charge in [-0.05, 0) is 38.0 Å². The van der Waals surface area contributed by atoms with Crippen LogP contribution < -0.4 is 10.2 Å². The second-order valence-corrected chi connectivity index (χ2v) is 8.44. The van der Waals surface area contributed by atoms with E-state index in [1.807, 2.05) is 21.0 Å². The molecule has 2 rings (SSSR count). The summed E-state index contributed by atoms with van der Waals surface area (Å²) in [7, 11) is 1.16. The summed E-state index contributed by atoms with van der Waals surface area (Å²) in [5.41, 5.74) is 2.04. The number of sulfone groups is 1. The lowest BCUT2D eigenvalue weighted by molar-refractivity contribution is 0.355. The molecule has 0 radical (unpaired) electrons. The SMILES string of the molecule is CC(NC1(C)CCS(=O)(=O)C1)c1ccc(N(C)C)cc1. The zero-order valence-electron chi connectivity index (χ0n) is 12.7. The van der Waals surface area contributed by atoms with E-state index in [1.165, 1.54) is 5.56 Å². The van der Waals surface area contributed by atoms with Crippen LogP contribution in [-0.4, -0.2) is 39.6 Å². The molecule has 0 saturated carbocycles. The fourth-order valence-corrected chi connectivity index (χ4v) is 4.90. The average molecular weight is 296 g/mol. The van der Waals surface area contributed by atoms with Crippen molar-refractivity contribution in [3.8, 4) is 0 Å². The fraction of sp³-hybridized carbons (Fsp3) is 0.600. The van der Waals surface area contributed by atoms with Crippen LogP contribution in [0, 0.1) is 0 Å². The van der Waals surface area contributed by atoms with Crippen molar-refractivity contribution < 1.29 is 8.42 Å². The number of hydrogen-bond donors (Lipinski definition) is 1. The molecular weight excluding hydrogens is 272 g/mol.